The van der Waals surface area contributed by atoms with Crippen molar-refractivity contribution in [1.29, 1.82) is 0 Å². The van der Waals surface area contributed by atoms with E-state index in [2.05, 4.69) is 27.7 Å². The molecule has 0 aliphatic rings. The number of carboxylic acids is 1. The average Bonchev–Trinajstić information content (AvgIpc) is 1.86. The molecule has 14 heavy (non-hydrogen) atoms. The lowest BCUT2D eigenvalue weighted by atomic mass is 10.4. The van der Waals surface area contributed by atoms with Crippen LogP contribution < -0.4 is 18.1 Å². The van der Waals surface area contributed by atoms with Gasteiger partial charge in [-0.15, -0.1) is 0 Å². The first-order valence-electron chi connectivity index (χ1n) is 4.04. The molecule has 0 aromatic rings. The topological polar surface area (TPSA) is 63.3 Å². The van der Waals surface area contributed by atoms with Crippen molar-refractivity contribution in [2.75, 3.05) is 21.1 Å². The number of nitrogens with zero attached hydrogens (tertiary/aromatic N) is 1. The Bertz CT molecular complexity index is 174. The Balaban J connectivity index is -0.000000163. The summed E-state index contributed by atoms with van der Waals surface area (Å²) in [6, 6.07) is 0. The normalized spacial score (nSPS) is 11.6. The molecular weight excluding hydrogens is 204 g/mol. The van der Waals surface area contributed by atoms with Gasteiger partial charge in [0.15, 0.2) is 0 Å². The summed E-state index contributed by atoms with van der Waals surface area (Å²) < 4.78 is 0.833. The van der Waals surface area contributed by atoms with Gasteiger partial charge in [-0.05, 0) is 6.92 Å². The average molecular weight is 225 g/mol. The largest absolute Gasteiger partial charge is 1.00 e. The molecule has 1 atom stereocenters. The molecule has 0 rings (SSSR count). The van der Waals surface area contributed by atoms with Crippen molar-refractivity contribution in [3.05, 3.63) is 12.2 Å². The summed E-state index contributed by atoms with van der Waals surface area (Å²) in [5.74, 6) is -0.935. The van der Waals surface area contributed by atoms with Gasteiger partial charge in [0.1, 0.15) is 6.17 Å². The molecule has 0 amide bonds. The molecule has 0 aliphatic carbocycles. The minimum atomic E-state index is -0.935. The molecule has 0 saturated carbocycles. The highest BCUT2D eigenvalue weighted by Gasteiger charge is 2.10. The van der Waals surface area contributed by atoms with Gasteiger partial charge in [0.05, 0.1) is 21.1 Å². The van der Waals surface area contributed by atoms with Crippen LogP contribution in [0.25, 0.3) is 0 Å². The zero-order valence-corrected chi connectivity index (χ0v) is 10.3. The molecule has 0 aromatic carbocycles. The van der Waals surface area contributed by atoms with E-state index in [0.29, 0.717) is 0 Å². The van der Waals surface area contributed by atoms with Crippen molar-refractivity contribution in [1.82, 2.24) is 0 Å². The molecule has 4 nitrogen and oxygen atoms in total. The molecule has 5 heteroatoms. The maximum Gasteiger partial charge on any atom is 0.330 e. The highest BCUT2D eigenvalue weighted by Crippen LogP contribution is 1.91. The van der Waals surface area contributed by atoms with Crippen LogP contribution in [0.4, 0.5) is 0 Å². The highest BCUT2D eigenvalue weighted by atomic mass is 35.5. The maximum absolute atomic E-state index is 9.60. The molecule has 0 heterocycles. The zero-order valence-electron chi connectivity index (χ0n) is 9.54. The Morgan fingerprint density at radius 2 is 1.57 bits per heavy atom. The first kappa shape index (κ1) is 19.1. The Labute approximate surface area is 92.4 Å². The van der Waals surface area contributed by atoms with Crippen LogP contribution in [0.3, 0.4) is 0 Å². The lowest BCUT2D eigenvalue weighted by molar-refractivity contribution is -0.893. The Kier molecular flexibility index (Phi) is 10.6. The summed E-state index contributed by atoms with van der Waals surface area (Å²) in [5, 5.41) is 7.89. The van der Waals surface area contributed by atoms with E-state index < -0.39 is 5.97 Å². The smallest absolute Gasteiger partial charge is 0.330 e. The molecule has 0 spiro atoms. The molecule has 3 N–H and O–H groups in total. The third-order valence-corrected chi connectivity index (χ3v) is 1.59. The van der Waals surface area contributed by atoms with Crippen molar-refractivity contribution >= 4 is 5.97 Å². The first-order valence-corrected chi connectivity index (χ1v) is 4.04. The Morgan fingerprint density at radius 3 is 1.57 bits per heavy atom. The summed E-state index contributed by atoms with van der Waals surface area (Å²) >= 11 is 0. The summed E-state index contributed by atoms with van der Waals surface area (Å²) in [6.45, 7) is 6.60. The van der Waals surface area contributed by atoms with Gasteiger partial charge in [0, 0.05) is 12.5 Å². The van der Waals surface area contributed by atoms with E-state index >= 15 is 0 Å². The monoisotopic (exact) mass is 224 g/mol. The van der Waals surface area contributed by atoms with E-state index in [9.17, 15) is 4.79 Å². The highest BCUT2D eigenvalue weighted by molar-refractivity contribution is 5.84. The summed E-state index contributed by atoms with van der Waals surface area (Å²) in [4.78, 5) is 9.60. The minimum absolute atomic E-state index is 0. The number of hydrogen-bond donors (Lipinski definition) is 2. The van der Waals surface area contributed by atoms with Gasteiger partial charge in [-0.1, -0.05) is 6.58 Å². The number of aliphatic carboxylic acids is 1. The molecule has 0 fully saturated rings. The van der Waals surface area contributed by atoms with E-state index in [1.165, 1.54) is 6.92 Å². The fourth-order valence-corrected chi connectivity index (χ4v) is 0. The predicted octanol–water partition coefficient (Wildman–Crippen LogP) is -2.35. The molecule has 1 unspecified atom stereocenters. The molecule has 86 valence electrons. The maximum atomic E-state index is 9.60. The van der Waals surface area contributed by atoms with Gasteiger partial charge in [-0.3, -0.25) is 5.73 Å². The molecule has 0 saturated heterocycles. The standard InChI is InChI=1S/C5H15N2.C4H6O2.ClH/c1-5(6)7(2,3)4;1-3(2)4(5)6;/h5H,6H2,1-4H3;1H2,2H3,(H,5,6);1H/q+1;;/p-1. The van der Waals surface area contributed by atoms with Crippen LogP contribution in [0.1, 0.15) is 13.8 Å². The number of halogens is 1. The van der Waals surface area contributed by atoms with Crippen LogP contribution in [-0.2, 0) is 4.79 Å². The van der Waals surface area contributed by atoms with Gasteiger partial charge in [-0.2, -0.15) is 0 Å². The van der Waals surface area contributed by atoms with Crippen LogP contribution >= 0.6 is 0 Å². The number of carboxylic acid groups (broad SMARTS) is 1. The third kappa shape index (κ3) is 14.0. The molecule has 0 aromatic heterocycles. The summed E-state index contributed by atoms with van der Waals surface area (Å²) in [7, 11) is 6.22. The molecule has 0 bridgehead atoms. The lowest BCUT2D eigenvalue weighted by Gasteiger charge is -2.27. The predicted molar refractivity (Wildman–Crippen MR) is 54.1 cm³/mol. The van der Waals surface area contributed by atoms with Crippen molar-refractivity contribution in [3.63, 3.8) is 0 Å². The van der Waals surface area contributed by atoms with Gasteiger partial charge in [0.2, 0.25) is 0 Å². The second-order valence-corrected chi connectivity index (χ2v) is 3.94. The van der Waals surface area contributed by atoms with Gasteiger partial charge >= 0.3 is 5.97 Å². The molecular formula is C9H21ClN2O2. The van der Waals surface area contributed by atoms with E-state index in [0.717, 1.165) is 4.48 Å². The second kappa shape index (κ2) is 7.79. The molecule has 0 aliphatic heterocycles. The first-order chi connectivity index (χ1) is 5.59. The lowest BCUT2D eigenvalue weighted by Crippen LogP contribution is -3.00. The zero-order chi connectivity index (χ0) is 11.2. The van der Waals surface area contributed by atoms with E-state index in [1.54, 1.807) is 0 Å². The summed E-state index contributed by atoms with van der Waals surface area (Å²) in [6.07, 6.45) is 0.236. The Hall–Kier alpha value is -0.580. The van der Waals surface area contributed by atoms with Crippen LogP contribution in [0, 0.1) is 0 Å². The van der Waals surface area contributed by atoms with Gasteiger partial charge in [0.25, 0.3) is 0 Å². The minimum Gasteiger partial charge on any atom is -1.00 e. The number of hydrogen-bond acceptors (Lipinski definition) is 2. The number of carbonyl (C=O) groups is 1. The fourth-order valence-electron chi connectivity index (χ4n) is 0. The van der Waals surface area contributed by atoms with Crippen LogP contribution in [0.5, 0.6) is 0 Å². The molecule has 0 radical (unpaired) electrons. The van der Waals surface area contributed by atoms with Gasteiger partial charge in [-0.25, -0.2) is 4.79 Å². The summed E-state index contributed by atoms with van der Waals surface area (Å²) in [5.41, 5.74) is 5.72. The third-order valence-electron chi connectivity index (χ3n) is 1.59. The van der Waals surface area contributed by atoms with E-state index in [-0.39, 0.29) is 24.1 Å². The van der Waals surface area contributed by atoms with Crippen LogP contribution in [-0.4, -0.2) is 42.9 Å². The van der Waals surface area contributed by atoms with Gasteiger partial charge < -0.3 is 22.0 Å². The number of nitrogens with two attached hydrogens (primary N) is 1. The quantitative estimate of drug-likeness (QED) is 0.314. The van der Waals surface area contributed by atoms with Crippen molar-refractivity contribution in [2.45, 2.75) is 20.0 Å². The van der Waals surface area contributed by atoms with Crippen molar-refractivity contribution in [3.8, 4) is 0 Å². The van der Waals surface area contributed by atoms with Crippen molar-refractivity contribution < 1.29 is 26.8 Å². The van der Waals surface area contributed by atoms with Crippen molar-refractivity contribution in [2.24, 2.45) is 5.73 Å². The second-order valence-electron chi connectivity index (χ2n) is 3.94. The number of rotatable bonds is 2. The Morgan fingerprint density at radius 1 is 1.43 bits per heavy atom. The van der Waals surface area contributed by atoms with Crippen LogP contribution in [0.2, 0.25) is 0 Å². The van der Waals surface area contributed by atoms with E-state index in [1.807, 2.05) is 6.92 Å². The van der Waals surface area contributed by atoms with E-state index in [4.69, 9.17) is 10.8 Å². The SMILES string of the molecule is C=C(C)C(=O)O.CC(N)[N+](C)(C)C.[Cl-]. The fraction of sp³-hybridized carbons (Fsp3) is 0.667. The number of quaternary nitrogens is 1. The van der Waals surface area contributed by atoms with Crippen LogP contribution in [0.15, 0.2) is 12.2 Å².